The maximum absolute atomic E-state index is 11.7. The summed E-state index contributed by atoms with van der Waals surface area (Å²) in [5.74, 6) is 1.59. The summed E-state index contributed by atoms with van der Waals surface area (Å²) >= 11 is 1.00. The van der Waals surface area contributed by atoms with Crippen molar-refractivity contribution in [2.24, 2.45) is 0 Å². The minimum absolute atomic E-state index is 0.161. The Kier molecular flexibility index (Phi) is 4.39. The zero-order valence-corrected chi connectivity index (χ0v) is 12.3. The van der Waals surface area contributed by atoms with Crippen LogP contribution in [0.5, 0.6) is 17.2 Å². The van der Waals surface area contributed by atoms with E-state index in [1.807, 2.05) is 0 Å². The van der Waals surface area contributed by atoms with Crippen LogP contribution in [0.25, 0.3) is 0 Å². The average Bonchev–Trinajstić information content (AvgIpc) is 2.78. The van der Waals surface area contributed by atoms with E-state index in [1.54, 1.807) is 12.1 Å². The molecule has 1 aromatic carbocycles. The first-order valence-electron chi connectivity index (χ1n) is 5.86. The lowest BCUT2D eigenvalue weighted by Crippen LogP contribution is -2.28. The second kappa shape index (κ2) is 6.04. The van der Waals surface area contributed by atoms with Gasteiger partial charge in [0.15, 0.2) is 11.5 Å². The Labute approximate surface area is 121 Å². The first-order valence-corrected chi connectivity index (χ1v) is 6.85. The number of imide groups is 1. The van der Waals surface area contributed by atoms with Crippen LogP contribution < -0.4 is 14.2 Å². The van der Waals surface area contributed by atoms with Crippen molar-refractivity contribution in [1.82, 2.24) is 4.90 Å². The minimum atomic E-state index is -0.244. The Morgan fingerprint density at radius 2 is 1.65 bits per heavy atom. The highest BCUT2D eigenvalue weighted by molar-refractivity contribution is 8.14. The maximum atomic E-state index is 11.7. The first kappa shape index (κ1) is 14.5. The third-order valence-corrected chi connectivity index (χ3v) is 3.81. The highest BCUT2D eigenvalue weighted by Gasteiger charge is 2.30. The van der Waals surface area contributed by atoms with Crippen LogP contribution in [0.1, 0.15) is 5.56 Å². The van der Waals surface area contributed by atoms with Gasteiger partial charge in [0.05, 0.1) is 33.6 Å². The predicted molar refractivity (Wildman–Crippen MR) is 74.5 cm³/mol. The maximum Gasteiger partial charge on any atom is 0.289 e. The summed E-state index contributed by atoms with van der Waals surface area (Å²) in [7, 11) is 4.57. The van der Waals surface area contributed by atoms with Crippen molar-refractivity contribution in [3.63, 3.8) is 0 Å². The van der Waals surface area contributed by atoms with E-state index in [4.69, 9.17) is 14.2 Å². The number of thioether (sulfide) groups is 1. The Hall–Kier alpha value is -1.89. The summed E-state index contributed by atoms with van der Waals surface area (Å²) in [6, 6.07) is 3.38. The molecule has 7 heteroatoms. The van der Waals surface area contributed by atoms with Gasteiger partial charge in [0.2, 0.25) is 5.91 Å². The Balaban J connectivity index is 2.35. The van der Waals surface area contributed by atoms with Gasteiger partial charge in [-0.15, -0.1) is 0 Å². The normalized spacial score (nSPS) is 14.7. The summed E-state index contributed by atoms with van der Waals surface area (Å²) in [5.41, 5.74) is 0.689. The van der Waals surface area contributed by atoms with E-state index in [-0.39, 0.29) is 23.4 Å². The van der Waals surface area contributed by atoms with Gasteiger partial charge in [0, 0.05) is 11.6 Å². The number of hydrogen-bond donors (Lipinski definition) is 0. The number of carbonyl (C=O) groups excluding carboxylic acids is 2. The SMILES string of the molecule is COc1cc(OC)c(OC)cc1CN1C(=O)CSC1=O. The van der Waals surface area contributed by atoms with Crippen LogP contribution >= 0.6 is 11.8 Å². The summed E-state index contributed by atoms with van der Waals surface area (Å²) in [6.07, 6.45) is 0. The number of benzene rings is 1. The highest BCUT2D eigenvalue weighted by atomic mass is 32.2. The van der Waals surface area contributed by atoms with Gasteiger partial charge in [-0.25, -0.2) is 0 Å². The molecule has 20 heavy (non-hydrogen) atoms. The number of rotatable bonds is 5. The smallest absolute Gasteiger partial charge is 0.289 e. The van der Waals surface area contributed by atoms with Crippen molar-refractivity contribution in [3.8, 4) is 17.2 Å². The van der Waals surface area contributed by atoms with Crippen LogP contribution in [0.3, 0.4) is 0 Å². The van der Waals surface area contributed by atoms with Gasteiger partial charge >= 0.3 is 0 Å². The molecule has 1 aliphatic heterocycles. The highest BCUT2D eigenvalue weighted by Crippen LogP contribution is 2.36. The van der Waals surface area contributed by atoms with Gasteiger partial charge in [0.25, 0.3) is 5.24 Å². The van der Waals surface area contributed by atoms with Gasteiger partial charge in [-0.2, -0.15) is 0 Å². The fourth-order valence-corrected chi connectivity index (χ4v) is 2.65. The Morgan fingerprint density at radius 3 is 2.15 bits per heavy atom. The Morgan fingerprint density at radius 1 is 1.05 bits per heavy atom. The van der Waals surface area contributed by atoms with Gasteiger partial charge in [-0.05, 0) is 6.07 Å². The quantitative estimate of drug-likeness (QED) is 0.827. The lowest BCUT2D eigenvalue weighted by Gasteiger charge is -2.17. The standard InChI is InChI=1S/C13H15NO5S/c1-17-9-5-11(19-3)10(18-2)4-8(9)6-14-12(15)7-20-13(14)16/h4-5H,6-7H2,1-3H3. The van der Waals surface area contributed by atoms with E-state index in [9.17, 15) is 9.59 Å². The van der Waals surface area contributed by atoms with Gasteiger partial charge in [-0.3, -0.25) is 14.5 Å². The second-order valence-electron chi connectivity index (χ2n) is 4.05. The molecule has 2 amide bonds. The number of methoxy groups -OCH3 is 3. The molecule has 0 radical (unpaired) electrons. The monoisotopic (exact) mass is 297 g/mol. The molecule has 1 aliphatic rings. The number of ether oxygens (including phenoxy) is 3. The summed E-state index contributed by atoms with van der Waals surface area (Å²) in [6.45, 7) is 0.161. The van der Waals surface area contributed by atoms with Crippen molar-refractivity contribution in [2.45, 2.75) is 6.54 Å². The lowest BCUT2D eigenvalue weighted by molar-refractivity contribution is -0.125. The Bertz CT molecular complexity index is 530. The van der Waals surface area contributed by atoms with E-state index in [2.05, 4.69) is 0 Å². The minimum Gasteiger partial charge on any atom is -0.496 e. The van der Waals surface area contributed by atoms with Crippen molar-refractivity contribution in [2.75, 3.05) is 27.1 Å². The topological polar surface area (TPSA) is 65.1 Å². The number of amides is 2. The lowest BCUT2D eigenvalue weighted by atomic mass is 10.1. The van der Waals surface area contributed by atoms with Crippen LogP contribution in [-0.4, -0.2) is 43.1 Å². The third kappa shape index (κ3) is 2.67. The second-order valence-corrected chi connectivity index (χ2v) is 4.98. The van der Waals surface area contributed by atoms with E-state index < -0.39 is 0 Å². The molecule has 0 saturated carbocycles. The summed E-state index contributed by atoms with van der Waals surface area (Å²) < 4.78 is 15.7. The average molecular weight is 297 g/mol. The molecule has 6 nitrogen and oxygen atoms in total. The molecule has 1 aromatic rings. The molecule has 1 fully saturated rings. The molecular formula is C13H15NO5S. The van der Waals surface area contributed by atoms with Crippen molar-refractivity contribution in [3.05, 3.63) is 17.7 Å². The molecule has 0 aromatic heterocycles. The van der Waals surface area contributed by atoms with Crippen molar-refractivity contribution >= 4 is 22.9 Å². The number of carbonyl (C=O) groups is 2. The van der Waals surface area contributed by atoms with Crippen molar-refractivity contribution in [1.29, 1.82) is 0 Å². The molecule has 0 unspecified atom stereocenters. The molecule has 0 spiro atoms. The number of hydrogen-bond acceptors (Lipinski definition) is 6. The van der Waals surface area contributed by atoms with Gasteiger partial charge < -0.3 is 14.2 Å². The van der Waals surface area contributed by atoms with E-state index in [0.29, 0.717) is 22.8 Å². The molecule has 1 saturated heterocycles. The van der Waals surface area contributed by atoms with E-state index in [1.165, 1.54) is 26.2 Å². The van der Waals surface area contributed by atoms with Gasteiger partial charge in [-0.1, -0.05) is 11.8 Å². The molecular weight excluding hydrogens is 282 g/mol. The molecule has 0 atom stereocenters. The first-order chi connectivity index (χ1) is 9.60. The molecule has 0 aliphatic carbocycles. The van der Waals surface area contributed by atoms with Crippen LogP contribution in [0.15, 0.2) is 12.1 Å². The predicted octanol–water partition coefficient (Wildman–Crippen LogP) is 1.91. The van der Waals surface area contributed by atoms with Gasteiger partial charge in [0.1, 0.15) is 5.75 Å². The van der Waals surface area contributed by atoms with Crippen LogP contribution in [-0.2, 0) is 11.3 Å². The third-order valence-electron chi connectivity index (χ3n) is 2.96. The number of nitrogens with zero attached hydrogens (tertiary/aromatic N) is 1. The van der Waals surface area contributed by atoms with Crippen molar-refractivity contribution < 1.29 is 23.8 Å². The zero-order valence-electron chi connectivity index (χ0n) is 11.5. The molecule has 2 rings (SSSR count). The summed E-state index contributed by atoms with van der Waals surface area (Å²) in [4.78, 5) is 24.5. The molecule has 1 heterocycles. The van der Waals surface area contributed by atoms with E-state index in [0.717, 1.165) is 11.8 Å². The fraction of sp³-hybridized carbons (Fsp3) is 0.385. The molecule has 108 valence electrons. The zero-order chi connectivity index (χ0) is 14.7. The molecule has 0 bridgehead atoms. The fourth-order valence-electron chi connectivity index (χ4n) is 1.92. The largest absolute Gasteiger partial charge is 0.496 e. The van der Waals surface area contributed by atoms with E-state index >= 15 is 0 Å². The summed E-state index contributed by atoms with van der Waals surface area (Å²) in [5, 5.41) is -0.244. The van der Waals surface area contributed by atoms with Crippen LogP contribution in [0.4, 0.5) is 4.79 Å². The molecule has 0 N–H and O–H groups in total. The van der Waals surface area contributed by atoms with Crippen LogP contribution in [0, 0.1) is 0 Å². The van der Waals surface area contributed by atoms with Crippen LogP contribution in [0.2, 0.25) is 0 Å².